The Balaban J connectivity index is 1.48. The predicted octanol–water partition coefficient (Wildman–Crippen LogP) is 2.78. The van der Waals surface area contributed by atoms with Gasteiger partial charge in [0.25, 0.3) is 5.91 Å². The van der Waals surface area contributed by atoms with Gasteiger partial charge in [-0.2, -0.15) is 4.31 Å². The molecule has 0 radical (unpaired) electrons. The number of sulfonamides is 1. The van der Waals surface area contributed by atoms with Crippen LogP contribution in [-0.4, -0.2) is 49.8 Å². The van der Waals surface area contributed by atoms with Crippen LogP contribution in [0.2, 0.25) is 0 Å². The van der Waals surface area contributed by atoms with Crippen molar-refractivity contribution in [3.63, 3.8) is 0 Å². The van der Waals surface area contributed by atoms with Crippen LogP contribution in [0.15, 0.2) is 29.2 Å². The molecule has 166 valence electrons. The Hall–Kier alpha value is -1.93. The van der Waals surface area contributed by atoms with Gasteiger partial charge in [0.05, 0.1) is 10.8 Å². The number of piperidine rings is 1. The maximum Gasteiger partial charge on any atom is 0.309 e. The minimum atomic E-state index is -3.56. The number of esters is 1. The van der Waals surface area contributed by atoms with Crippen LogP contribution in [0.5, 0.6) is 0 Å². The smallest absolute Gasteiger partial charge is 0.309 e. The van der Waals surface area contributed by atoms with Crippen LogP contribution < -0.4 is 5.32 Å². The summed E-state index contributed by atoms with van der Waals surface area (Å²) < 4.78 is 32.4. The van der Waals surface area contributed by atoms with Gasteiger partial charge in [0, 0.05) is 19.1 Å². The van der Waals surface area contributed by atoms with Gasteiger partial charge in [0.1, 0.15) is 0 Å². The number of rotatable bonds is 6. The van der Waals surface area contributed by atoms with Gasteiger partial charge in [-0.15, -0.1) is 0 Å². The Kier molecular flexibility index (Phi) is 7.52. The fraction of sp³-hybridized carbons (Fsp3) is 0.636. The van der Waals surface area contributed by atoms with E-state index in [-0.39, 0.29) is 35.9 Å². The minimum Gasteiger partial charge on any atom is -0.452 e. The lowest BCUT2D eigenvalue weighted by Crippen LogP contribution is -2.44. The van der Waals surface area contributed by atoms with Gasteiger partial charge in [-0.3, -0.25) is 9.59 Å². The van der Waals surface area contributed by atoms with E-state index >= 15 is 0 Å². The first-order valence-corrected chi connectivity index (χ1v) is 12.3. The Morgan fingerprint density at radius 3 is 2.23 bits per heavy atom. The van der Waals surface area contributed by atoms with Gasteiger partial charge in [-0.1, -0.05) is 37.0 Å². The zero-order valence-electron chi connectivity index (χ0n) is 17.8. The SMILES string of the molecule is Cc1ccc(S(=O)(=O)N2CCC(C(=O)O[C@@H](C)C(=O)NC3CCCCC3)CC2)cc1. The third kappa shape index (κ3) is 5.60. The Labute approximate surface area is 179 Å². The van der Waals surface area contributed by atoms with Crippen molar-refractivity contribution < 1.29 is 22.7 Å². The summed E-state index contributed by atoms with van der Waals surface area (Å²) in [6.07, 6.45) is 5.32. The normalized spacial score (nSPS) is 20.5. The summed E-state index contributed by atoms with van der Waals surface area (Å²) >= 11 is 0. The van der Waals surface area contributed by atoms with Gasteiger partial charge in [-0.05, 0) is 51.7 Å². The second kappa shape index (κ2) is 9.92. The molecule has 8 heteroatoms. The molecule has 0 bridgehead atoms. The number of carbonyl (C=O) groups excluding carboxylic acids is 2. The number of ether oxygens (including phenoxy) is 1. The number of hydrogen-bond acceptors (Lipinski definition) is 5. The summed E-state index contributed by atoms with van der Waals surface area (Å²) in [4.78, 5) is 25.1. The lowest BCUT2D eigenvalue weighted by Gasteiger charge is -2.31. The Bertz CT molecular complexity index is 839. The van der Waals surface area contributed by atoms with E-state index in [0.717, 1.165) is 31.2 Å². The van der Waals surface area contributed by atoms with E-state index in [9.17, 15) is 18.0 Å². The highest BCUT2D eigenvalue weighted by Crippen LogP contribution is 2.25. The second-order valence-corrected chi connectivity index (χ2v) is 10.4. The monoisotopic (exact) mass is 436 g/mol. The third-order valence-corrected chi connectivity index (χ3v) is 7.97. The maximum absolute atomic E-state index is 12.8. The van der Waals surface area contributed by atoms with E-state index in [0.29, 0.717) is 12.8 Å². The summed E-state index contributed by atoms with van der Waals surface area (Å²) in [6.45, 7) is 4.02. The lowest BCUT2D eigenvalue weighted by molar-refractivity contribution is -0.160. The number of amides is 1. The molecule has 1 heterocycles. The van der Waals surface area contributed by atoms with Crippen molar-refractivity contribution in [2.45, 2.75) is 75.8 Å². The van der Waals surface area contributed by atoms with E-state index < -0.39 is 22.1 Å². The topological polar surface area (TPSA) is 92.8 Å². The van der Waals surface area contributed by atoms with Crippen LogP contribution >= 0.6 is 0 Å². The molecule has 0 spiro atoms. The Morgan fingerprint density at radius 1 is 1.03 bits per heavy atom. The molecular formula is C22H32N2O5S. The molecule has 0 unspecified atom stereocenters. The maximum atomic E-state index is 12.8. The fourth-order valence-electron chi connectivity index (χ4n) is 4.08. The molecule has 0 aromatic heterocycles. The molecule has 1 amide bonds. The van der Waals surface area contributed by atoms with Crippen molar-refractivity contribution in [3.05, 3.63) is 29.8 Å². The first kappa shape index (κ1) is 22.7. The van der Waals surface area contributed by atoms with Crippen LogP contribution in [0, 0.1) is 12.8 Å². The Morgan fingerprint density at radius 2 is 1.63 bits per heavy atom. The van der Waals surface area contributed by atoms with Crippen LogP contribution in [0.25, 0.3) is 0 Å². The van der Waals surface area contributed by atoms with E-state index in [1.54, 1.807) is 31.2 Å². The quantitative estimate of drug-likeness (QED) is 0.692. The molecular weight excluding hydrogens is 404 g/mol. The third-order valence-electron chi connectivity index (χ3n) is 6.06. The van der Waals surface area contributed by atoms with Crippen LogP contribution in [-0.2, 0) is 24.3 Å². The number of hydrogen-bond donors (Lipinski definition) is 1. The average Bonchev–Trinajstić information content (AvgIpc) is 2.74. The predicted molar refractivity (Wildman–Crippen MR) is 113 cm³/mol. The first-order chi connectivity index (χ1) is 14.3. The number of aryl methyl sites for hydroxylation is 1. The van der Waals surface area contributed by atoms with Crippen LogP contribution in [0.3, 0.4) is 0 Å². The number of carbonyl (C=O) groups is 2. The van der Waals surface area contributed by atoms with Crippen LogP contribution in [0.4, 0.5) is 0 Å². The largest absolute Gasteiger partial charge is 0.452 e. The van der Waals surface area contributed by atoms with Gasteiger partial charge in [0.15, 0.2) is 6.10 Å². The van der Waals surface area contributed by atoms with Gasteiger partial charge in [0.2, 0.25) is 10.0 Å². The molecule has 30 heavy (non-hydrogen) atoms. The van der Waals surface area contributed by atoms with Gasteiger partial charge in [-0.25, -0.2) is 8.42 Å². The molecule has 7 nitrogen and oxygen atoms in total. The van der Waals surface area contributed by atoms with Crippen molar-refractivity contribution in [1.29, 1.82) is 0 Å². The minimum absolute atomic E-state index is 0.169. The molecule has 1 aliphatic carbocycles. The van der Waals surface area contributed by atoms with Crippen molar-refractivity contribution in [2.75, 3.05) is 13.1 Å². The van der Waals surface area contributed by atoms with E-state index in [1.807, 2.05) is 6.92 Å². The van der Waals surface area contributed by atoms with E-state index in [1.165, 1.54) is 10.7 Å². The molecule has 1 aromatic rings. The molecule has 1 aliphatic heterocycles. The van der Waals surface area contributed by atoms with Gasteiger partial charge < -0.3 is 10.1 Å². The second-order valence-electron chi connectivity index (χ2n) is 8.41. The zero-order valence-corrected chi connectivity index (χ0v) is 18.6. The molecule has 2 aliphatic rings. The molecule has 2 fully saturated rings. The van der Waals surface area contributed by atoms with Crippen LogP contribution in [0.1, 0.15) is 57.4 Å². The summed E-state index contributed by atoms with van der Waals surface area (Å²) in [5.41, 5.74) is 0.997. The standard InChI is InChI=1S/C22H32N2O5S/c1-16-8-10-20(11-9-16)30(27,28)24-14-12-18(13-15-24)22(26)29-17(2)21(25)23-19-6-4-3-5-7-19/h8-11,17-19H,3-7,12-15H2,1-2H3,(H,23,25)/t17-/m0/s1. The van der Waals surface area contributed by atoms with Gasteiger partial charge >= 0.3 is 5.97 Å². The summed E-state index contributed by atoms with van der Waals surface area (Å²) in [7, 11) is -3.56. The summed E-state index contributed by atoms with van der Waals surface area (Å²) in [5, 5.41) is 2.97. The zero-order chi connectivity index (χ0) is 21.7. The van der Waals surface area contributed by atoms with E-state index in [2.05, 4.69) is 5.32 Å². The highest BCUT2D eigenvalue weighted by molar-refractivity contribution is 7.89. The molecule has 1 saturated heterocycles. The summed E-state index contributed by atoms with van der Waals surface area (Å²) in [5.74, 6) is -1.07. The number of nitrogens with zero attached hydrogens (tertiary/aromatic N) is 1. The average molecular weight is 437 g/mol. The number of benzene rings is 1. The first-order valence-electron chi connectivity index (χ1n) is 10.8. The van der Waals surface area contributed by atoms with Crippen molar-refractivity contribution in [2.24, 2.45) is 5.92 Å². The highest BCUT2D eigenvalue weighted by Gasteiger charge is 2.34. The summed E-state index contributed by atoms with van der Waals surface area (Å²) in [6, 6.07) is 6.94. The molecule has 1 aromatic carbocycles. The molecule has 3 rings (SSSR count). The van der Waals surface area contributed by atoms with E-state index in [4.69, 9.17) is 4.74 Å². The van der Waals surface area contributed by atoms with Crippen molar-refractivity contribution in [1.82, 2.24) is 9.62 Å². The number of nitrogens with one attached hydrogen (secondary N) is 1. The lowest BCUT2D eigenvalue weighted by atomic mass is 9.95. The molecule has 1 N–H and O–H groups in total. The highest BCUT2D eigenvalue weighted by atomic mass is 32.2. The molecule has 1 saturated carbocycles. The fourth-order valence-corrected chi connectivity index (χ4v) is 5.55. The van der Waals surface area contributed by atoms with Crippen molar-refractivity contribution in [3.8, 4) is 0 Å². The molecule has 1 atom stereocenters. The van der Waals surface area contributed by atoms with Crippen molar-refractivity contribution >= 4 is 21.9 Å².